The Bertz CT molecular complexity index is 1040. The fraction of sp³-hybridized carbons (Fsp3) is 0.300. The summed E-state index contributed by atoms with van der Waals surface area (Å²) in [5, 5.41) is 9.70. The van der Waals surface area contributed by atoms with Gasteiger partial charge in [-0.2, -0.15) is 4.31 Å². The number of halogens is 1. The molecule has 0 aliphatic carbocycles. The number of sulfonamides is 1. The molecule has 2 N–H and O–H groups in total. The predicted molar refractivity (Wildman–Crippen MR) is 105 cm³/mol. The Hall–Kier alpha value is -2.23. The first-order chi connectivity index (χ1) is 13.5. The molecule has 0 aromatic heterocycles. The summed E-state index contributed by atoms with van der Waals surface area (Å²) in [5.74, 6) is -0.214. The largest absolute Gasteiger partial charge is 1.00 e. The van der Waals surface area contributed by atoms with E-state index in [1.54, 1.807) is 12.1 Å². The van der Waals surface area contributed by atoms with Crippen LogP contribution in [0, 0.1) is 5.41 Å². The van der Waals surface area contributed by atoms with Crippen LogP contribution in [0.2, 0.25) is 0 Å². The number of nitrogens with one attached hydrogen (secondary N) is 2. The van der Waals surface area contributed by atoms with Crippen LogP contribution in [0.3, 0.4) is 0 Å². The summed E-state index contributed by atoms with van der Waals surface area (Å²) >= 11 is 0. The summed E-state index contributed by atoms with van der Waals surface area (Å²) in [4.78, 5) is 12.8. The molecule has 7 nitrogen and oxygen atoms in total. The lowest BCUT2D eigenvalue weighted by atomic mass is 10.1. The summed E-state index contributed by atoms with van der Waals surface area (Å²) in [6.07, 6.45) is 2.76. The summed E-state index contributed by atoms with van der Waals surface area (Å²) < 4.78 is 27.2. The third-order valence-electron chi connectivity index (χ3n) is 5.16. The van der Waals surface area contributed by atoms with E-state index in [2.05, 4.69) is 5.43 Å². The van der Waals surface area contributed by atoms with Crippen molar-refractivity contribution in [1.82, 2.24) is 14.7 Å². The fourth-order valence-corrected chi connectivity index (χ4v) is 5.18. The van der Waals surface area contributed by atoms with Gasteiger partial charge in [-0.15, -0.1) is 0 Å². The minimum Gasteiger partial charge on any atom is -1.00 e. The van der Waals surface area contributed by atoms with E-state index in [-0.39, 0.29) is 33.3 Å². The van der Waals surface area contributed by atoms with Gasteiger partial charge in [0, 0.05) is 24.2 Å². The lowest BCUT2D eigenvalue weighted by Crippen LogP contribution is -3.00. The van der Waals surface area contributed by atoms with Crippen LogP contribution in [0.4, 0.5) is 0 Å². The molecule has 9 heteroatoms. The fourth-order valence-electron chi connectivity index (χ4n) is 3.62. The van der Waals surface area contributed by atoms with Gasteiger partial charge in [0.25, 0.3) is 5.91 Å². The van der Waals surface area contributed by atoms with Gasteiger partial charge in [-0.25, -0.2) is 8.42 Å². The lowest BCUT2D eigenvalue weighted by Gasteiger charge is -2.26. The quantitative estimate of drug-likeness (QED) is 0.611. The normalized spacial score (nSPS) is 16.8. The van der Waals surface area contributed by atoms with E-state index >= 15 is 0 Å². The Morgan fingerprint density at radius 1 is 1.00 bits per heavy atom. The molecule has 0 saturated carbocycles. The van der Waals surface area contributed by atoms with Gasteiger partial charge in [-0.1, -0.05) is 36.8 Å². The number of hydrazine groups is 1. The Labute approximate surface area is 181 Å². The van der Waals surface area contributed by atoms with Crippen molar-refractivity contribution in [1.29, 1.82) is 5.41 Å². The summed E-state index contributed by atoms with van der Waals surface area (Å²) in [5.41, 5.74) is 4.71. The number of hydrogen-bond acceptors (Lipinski definition) is 4. The predicted octanol–water partition coefficient (Wildman–Crippen LogP) is -0.649. The van der Waals surface area contributed by atoms with Crippen LogP contribution in [0.5, 0.6) is 0 Å². The van der Waals surface area contributed by atoms with Crippen molar-refractivity contribution in [3.8, 4) is 0 Å². The van der Waals surface area contributed by atoms with Crippen LogP contribution in [0.25, 0.3) is 0 Å². The molecule has 4 rings (SSSR count). The average molecular weight is 478 g/mol. The molecule has 0 unspecified atom stereocenters. The standard InChI is InChI=1S/C20H22N4O3S.BrH/c21-19-18-10-3-2-7-16(18)14-24(19)22-20(25)15-8-6-9-17(13-15)28(26,27)23-11-4-1-5-12-23;/h2-3,6-10,13,21H,1,4-5,11-12,14H2,(H,22,25);1H/p-1. The molecule has 2 heterocycles. The minimum absolute atomic E-state index is 0. The second-order valence-corrected chi connectivity index (χ2v) is 8.96. The van der Waals surface area contributed by atoms with E-state index in [0.29, 0.717) is 19.6 Å². The van der Waals surface area contributed by atoms with E-state index in [0.717, 1.165) is 30.4 Å². The average Bonchev–Trinajstić information content (AvgIpc) is 3.04. The van der Waals surface area contributed by atoms with Crippen LogP contribution >= 0.6 is 0 Å². The molecule has 2 aliphatic heterocycles. The van der Waals surface area contributed by atoms with Crippen LogP contribution in [-0.2, 0) is 16.6 Å². The van der Waals surface area contributed by atoms with Crippen molar-refractivity contribution < 1.29 is 30.2 Å². The number of carbonyl (C=O) groups is 1. The monoisotopic (exact) mass is 477 g/mol. The first kappa shape index (κ1) is 21.5. The Kier molecular flexibility index (Phi) is 6.40. The molecule has 29 heavy (non-hydrogen) atoms. The molecule has 0 bridgehead atoms. The number of piperidine rings is 1. The molecule has 2 aliphatic rings. The third-order valence-corrected chi connectivity index (χ3v) is 7.05. The molecule has 1 saturated heterocycles. The lowest BCUT2D eigenvalue weighted by molar-refractivity contribution is -0.0000173. The minimum atomic E-state index is -3.60. The summed E-state index contributed by atoms with van der Waals surface area (Å²) in [6, 6.07) is 13.6. The number of amides is 1. The first-order valence-corrected chi connectivity index (χ1v) is 10.8. The summed E-state index contributed by atoms with van der Waals surface area (Å²) in [6.45, 7) is 1.44. The van der Waals surface area contributed by atoms with Gasteiger partial charge in [0.1, 0.15) is 5.84 Å². The topological polar surface area (TPSA) is 93.6 Å². The molecule has 0 radical (unpaired) electrons. The van der Waals surface area contributed by atoms with Gasteiger partial charge in [-0.05, 0) is 36.6 Å². The highest BCUT2D eigenvalue weighted by molar-refractivity contribution is 7.89. The number of fused-ring (bicyclic) bond motifs is 1. The van der Waals surface area contributed by atoms with Crippen LogP contribution in [0.15, 0.2) is 53.4 Å². The van der Waals surface area contributed by atoms with Crippen molar-refractivity contribution in [3.63, 3.8) is 0 Å². The zero-order valence-corrected chi connectivity index (χ0v) is 18.2. The zero-order chi connectivity index (χ0) is 19.7. The van der Waals surface area contributed by atoms with Gasteiger partial charge in [0.2, 0.25) is 10.0 Å². The van der Waals surface area contributed by atoms with Crippen molar-refractivity contribution in [2.24, 2.45) is 0 Å². The van der Waals surface area contributed by atoms with Gasteiger partial charge >= 0.3 is 0 Å². The Morgan fingerprint density at radius 3 is 2.45 bits per heavy atom. The van der Waals surface area contributed by atoms with E-state index in [4.69, 9.17) is 5.41 Å². The molecule has 154 valence electrons. The van der Waals surface area contributed by atoms with Crippen molar-refractivity contribution in [2.75, 3.05) is 13.1 Å². The van der Waals surface area contributed by atoms with Crippen molar-refractivity contribution in [2.45, 2.75) is 30.7 Å². The maximum atomic E-state index is 12.9. The van der Waals surface area contributed by atoms with E-state index < -0.39 is 15.9 Å². The van der Waals surface area contributed by atoms with Crippen molar-refractivity contribution >= 4 is 21.8 Å². The zero-order valence-electron chi connectivity index (χ0n) is 15.8. The van der Waals surface area contributed by atoms with Crippen LogP contribution < -0.4 is 22.4 Å². The Morgan fingerprint density at radius 2 is 1.72 bits per heavy atom. The van der Waals surface area contributed by atoms with E-state index in [9.17, 15) is 13.2 Å². The highest BCUT2D eigenvalue weighted by Gasteiger charge is 2.28. The van der Waals surface area contributed by atoms with Crippen LogP contribution in [0.1, 0.15) is 40.7 Å². The number of hydrogen-bond donors (Lipinski definition) is 2. The number of amidine groups is 1. The number of rotatable bonds is 4. The van der Waals surface area contributed by atoms with Gasteiger partial charge in [0.05, 0.1) is 11.4 Å². The van der Waals surface area contributed by atoms with Crippen molar-refractivity contribution in [3.05, 3.63) is 65.2 Å². The molecule has 1 fully saturated rings. The number of benzene rings is 2. The second kappa shape index (κ2) is 8.64. The maximum absolute atomic E-state index is 12.9. The smallest absolute Gasteiger partial charge is 0.269 e. The molecular weight excluding hydrogens is 456 g/mol. The van der Waals surface area contributed by atoms with E-state index in [1.807, 2.05) is 24.3 Å². The van der Waals surface area contributed by atoms with Gasteiger partial charge in [-0.3, -0.25) is 20.6 Å². The molecule has 2 aromatic rings. The van der Waals surface area contributed by atoms with Crippen LogP contribution in [-0.4, -0.2) is 42.6 Å². The Balaban J connectivity index is 0.00000240. The van der Waals surface area contributed by atoms with Gasteiger partial charge < -0.3 is 17.0 Å². The highest BCUT2D eigenvalue weighted by Crippen LogP contribution is 2.23. The SMILES string of the molecule is N=C1c2ccccc2CN1NC(=O)c1cccc(S(=O)(=O)N2CCCCC2)c1.[Br-]. The molecular formula is C20H22BrN4O3S-. The molecule has 0 spiro atoms. The van der Waals surface area contributed by atoms with E-state index in [1.165, 1.54) is 21.4 Å². The molecule has 2 aromatic carbocycles. The number of carbonyl (C=O) groups excluding carboxylic acids is 1. The highest BCUT2D eigenvalue weighted by atomic mass is 79.9. The maximum Gasteiger partial charge on any atom is 0.269 e. The second-order valence-electron chi connectivity index (χ2n) is 7.03. The van der Waals surface area contributed by atoms with Gasteiger partial charge in [0.15, 0.2) is 0 Å². The molecule has 0 atom stereocenters. The molecule has 1 amide bonds. The summed E-state index contributed by atoms with van der Waals surface area (Å²) in [7, 11) is -3.60. The first-order valence-electron chi connectivity index (χ1n) is 9.32. The number of nitrogens with zero attached hydrogens (tertiary/aromatic N) is 2. The third kappa shape index (κ3) is 4.22.